The van der Waals surface area contributed by atoms with Gasteiger partial charge in [-0.3, -0.25) is 24.6 Å². The van der Waals surface area contributed by atoms with Crippen molar-refractivity contribution in [3.63, 3.8) is 0 Å². The van der Waals surface area contributed by atoms with Gasteiger partial charge in [0.25, 0.3) is 0 Å². The van der Waals surface area contributed by atoms with E-state index in [-0.39, 0.29) is 36.3 Å². The highest BCUT2D eigenvalue weighted by molar-refractivity contribution is 6.15. The minimum Gasteiger partial charge on any atom is -0.504 e. The summed E-state index contributed by atoms with van der Waals surface area (Å²) in [5.74, 6) is -2.26. The van der Waals surface area contributed by atoms with Crippen molar-refractivity contribution < 1.29 is 34.1 Å². The van der Waals surface area contributed by atoms with Crippen molar-refractivity contribution in [3.8, 4) is 23.0 Å². The number of rotatable bonds is 7. The standard InChI is InChI=1S/C30H29N3O7/c1-39-23-10-8-16(15-24(23)40-2)11-12-33-27(36)25-20(13-17-7-9-21(34)22(35)14-17)32-30(26(25)28(33)37)18-5-3-4-6-19(18)31-29(30)38/h3-10,14-15,20,25-26,32,34-35H,11-13H2,1-2H3,(H,31,38)/t20?,25-,26+,30?/m1/s1. The summed E-state index contributed by atoms with van der Waals surface area (Å²) in [7, 11) is 3.09. The Kier molecular flexibility index (Phi) is 6.14. The third-order valence-corrected chi connectivity index (χ3v) is 8.28. The highest BCUT2D eigenvalue weighted by Crippen LogP contribution is 2.53. The number of likely N-dealkylation sites (tertiary alicyclic amines) is 1. The number of imide groups is 1. The Labute approximate surface area is 230 Å². The summed E-state index contributed by atoms with van der Waals surface area (Å²) in [5, 5.41) is 26.1. The number of nitrogens with zero attached hydrogens (tertiary/aromatic N) is 1. The zero-order chi connectivity index (χ0) is 28.2. The second-order valence-electron chi connectivity index (χ2n) is 10.4. The van der Waals surface area contributed by atoms with Crippen molar-refractivity contribution >= 4 is 23.4 Å². The summed E-state index contributed by atoms with van der Waals surface area (Å²) in [5.41, 5.74) is 1.34. The van der Waals surface area contributed by atoms with Crippen LogP contribution in [0.15, 0.2) is 60.7 Å². The SMILES string of the molecule is COc1ccc(CCN2C(=O)[C@@H]3C(Cc4ccc(O)c(O)c4)NC4(C(=O)Nc5ccccc54)[C@@H]3C2=O)cc1OC. The lowest BCUT2D eigenvalue weighted by molar-refractivity contribution is -0.142. The molecule has 3 aromatic rings. The number of aromatic hydroxyl groups is 2. The number of hydrogen-bond donors (Lipinski definition) is 4. The number of ether oxygens (including phenoxy) is 2. The number of nitrogens with one attached hydrogen (secondary N) is 2. The second-order valence-corrected chi connectivity index (χ2v) is 10.4. The van der Waals surface area contributed by atoms with Crippen LogP contribution in [0.1, 0.15) is 16.7 Å². The van der Waals surface area contributed by atoms with Gasteiger partial charge in [0.05, 0.1) is 26.1 Å². The maximum absolute atomic E-state index is 14.0. The van der Waals surface area contributed by atoms with Crippen LogP contribution in [0.5, 0.6) is 23.0 Å². The fourth-order valence-electron chi connectivity index (χ4n) is 6.44. The van der Waals surface area contributed by atoms with Crippen molar-refractivity contribution in [2.45, 2.75) is 24.4 Å². The van der Waals surface area contributed by atoms with Crippen LogP contribution >= 0.6 is 0 Å². The Bertz CT molecular complexity index is 1540. The lowest BCUT2D eigenvalue weighted by Gasteiger charge is -2.29. The molecule has 2 saturated heterocycles. The summed E-state index contributed by atoms with van der Waals surface area (Å²) in [6, 6.07) is 16.5. The molecule has 3 aromatic carbocycles. The van der Waals surface area contributed by atoms with Crippen molar-refractivity contribution in [2.75, 3.05) is 26.1 Å². The van der Waals surface area contributed by atoms with E-state index < -0.39 is 29.3 Å². The molecule has 206 valence electrons. The molecule has 0 radical (unpaired) electrons. The number of phenolic OH excluding ortho intramolecular Hbond substituents is 2. The Morgan fingerprint density at radius 3 is 2.38 bits per heavy atom. The van der Waals surface area contributed by atoms with Crippen LogP contribution in [0, 0.1) is 11.8 Å². The first-order valence-electron chi connectivity index (χ1n) is 13.0. The Hall–Kier alpha value is -4.57. The predicted octanol–water partition coefficient (Wildman–Crippen LogP) is 2.32. The maximum atomic E-state index is 14.0. The lowest BCUT2D eigenvalue weighted by atomic mass is 9.76. The van der Waals surface area contributed by atoms with E-state index in [0.717, 1.165) is 5.56 Å². The van der Waals surface area contributed by atoms with Crippen molar-refractivity contribution in [1.29, 1.82) is 0 Å². The minimum absolute atomic E-state index is 0.145. The number of hydrogen-bond acceptors (Lipinski definition) is 8. The number of carbonyl (C=O) groups excluding carboxylic acids is 3. The summed E-state index contributed by atoms with van der Waals surface area (Å²) in [6.45, 7) is 0.145. The van der Waals surface area contributed by atoms with Gasteiger partial charge in [-0.1, -0.05) is 30.3 Å². The number of amides is 3. The molecule has 4 N–H and O–H groups in total. The van der Waals surface area contributed by atoms with Gasteiger partial charge in [-0.25, -0.2) is 0 Å². The summed E-state index contributed by atoms with van der Waals surface area (Å²) >= 11 is 0. The molecule has 1 spiro atoms. The Balaban J connectivity index is 1.35. The predicted molar refractivity (Wildman–Crippen MR) is 144 cm³/mol. The molecule has 3 heterocycles. The number of methoxy groups -OCH3 is 2. The van der Waals surface area contributed by atoms with Gasteiger partial charge in [-0.05, 0) is 54.3 Å². The van der Waals surface area contributed by atoms with E-state index in [1.54, 1.807) is 50.6 Å². The molecular formula is C30H29N3O7. The summed E-state index contributed by atoms with van der Waals surface area (Å²) in [6.07, 6.45) is 0.658. The molecule has 2 unspecified atom stereocenters. The zero-order valence-corrected chi connectivity index (χ0v) is 22.0. The Morgan fingerprint density at radius 1 is 0.875 bits per heavy atom. The van der Waals surface area contributed by atoms with E-state index in [4.69, 9.17) is 9.47 Å². The van der Waals surface area contributed by atoms with E-state index in [2.05, 4.69) is 10.6 Å². The van der Waals surface area contributed by atoms with Gasteiger partial charge >= 0.3 is 0 Å². The van der Waals surface area contributed by atoms with E-state index in [1.165, 1.54) is 17.0 Å². The molecule has 10 nitrogen and oxygen atoms in total. The van der Waals surface area contributed by atoms with Crippen LogP contribution < -0.4 is 20.1 Å². The number of phenols is 2. The third kappa shape index (κ3) is 3.78. The van der Waals surface area contributed by atoms with Crippen LogP contribution in [0.25, 0.3) is 0 Å². The molecule has 3 aliphatic heterocycles. The van der Waals surface area contributed by atoms with Crippen LogP contribution in [0.2, 0.25) is 0 Å². The quantitative estimate of drug-likeness (QED) is 0.263. The largest absolute Gasteiger partial charge is 0.504 e. The molecule has 3 amide bonds. The molecule has 3 aliphatic rings. The minimum atomic E-state index is -1.41. The maximum Gasteiger partial charge on any atom is 0.250 e. The van der Waals surface area contributed by atoms with E-state index in [0.29, 0.717) is 34.7 Å². The van der Waals surface area contributed by atoms with Gasteiger partial charge in [0.15, 0.2) is 23.0 Å². The van der Waals surface area contributed by atoms with Crippen LogP contribution in [0.3, 0.4) is 0 Å². The Morgan fingerprint density at radius 2 is 1.62 bits per heavy atom. The molecular weight excluding hydrogens is 514 g/mol. The average Bonchev–Trinajstić information content (AvgIpc) is 3.53. The van der Waals surface area contributed by atoms with Crippen LogP contribution in [-0.4, -0.2) is 59.6 Å². The van der Waals surface area contributed by atoms with Gasteiger partial charge in [0, 0.05) is 23.8 Å². The fraction of sp³-hybridized carbons (Fsp3) is 0.300. The highest BCUT2D eigenvalue weighted by Gasteiger charge is 2.70. The molecule has 10 heteroatoms. The molecule has 2 fully saturated rings. The molecule has 0 aliphatic carbocycles. The van der Waals surface area contributed by atoms with Crippen molar-refractivity contribution in [1.82, 2.24) is 10.2 Å². The third-order valence-electron chi connectivity index (χ3n) is 8.28. The van der Waals surface area contributed by atoms with Crippen molar-refractivity contribution in [2.24, 2.45) is 11.8 Å². The number of fused-ring (bicyclic) bond motifs is 4. The average molecular weight is 544 g/mol. The topological polar surface area (TPSA) is 137 Å². The molecule has 6 rings (SSSR count). The summed E-state index contributed by atoms with van der Waals surface area (Å²) < 4.78 is 10.7. The van der Waals surface area contributed by atoms with Gasteiger partial charge < -0.3 is 25.0 Å². The molecule has 0 bridgehead atoms. The molecule has 0 saturated carbocycles. The van der Waals surface area contributed by atoms with E-state index in [9.17, 15) is 24.6 Å². The fourth-order valence-corrected chi connectivity index (χ4v) is 6.44. The zero-order valence-electron chi connectivity index (χ0n) is 22.0. The van der Waals surface area contributed by atoms with Gasteiger partial charge in [0.2, 0.25) is 17.7 Å². The normalized spacial score (nSPS) is 24.8. The molecule has 4 atom stereocenters. The molecule has 0 aromatic heterocycles. The van der Waals surface area contributed by atoms with Crippen molar-refractivity contribution in [3.05, 3.63) is 77.4 Å². The van der Waals surface area contributed by atoms with Crippen LogP contribution in [-0.2, 0) is 32.8 Å². The highest BCUT2D eigenvalue weighted by atomic mass is 16.5. The summed E-state index contributed by atoms with van der Waals surface area (Å²) in [4.78, 5) is 42.8. The number of benzene rings is 3. The van der Waals surface area contributed by atoms with Crippen LogP contribution in [0.4, 0.5) is 5.69 Å². The smallest absolute Gasteiger partial charge is 0.250 e. The first-order valence-corrected chi connectivity index (χ1v) is 13.0. The van der Waals surface area contributed by atoms with E-state index >= 15 is 0 Å². The van der Waals surface area contributed by atoms with Gasteiger partial charge in [-0.2, -0.15) is 0 Å². The van der Waals surface area contributed by atoms with Gasteiger partial charge in [-0.15, -0.1) is 0 Å². The second kappa shape index (κ2) is 9.56. The lowest BCUT2D eigenvalue weighted by Crippen LogP contribution is -2.53. The monoisotopic (exact) mass is 543 g/mol. The molecule has 40 heavy (non-hydrogen) atoms. The number of para-hydroxylation sites is 1. The van der Waals surface area contributed by atoms with Gasteiger partial charge in [0.1, 0.15) is 5.54 Å². The van der Waals surface area contributed by atoms with E-state index in [1.807, 2.05) is 12.1 Å². The number of carbonyl (C=O) groups is 3. The first kappa shape index (κ1) is 25.7. The first-order chi connectivity index (χ1) is 19.3. The number of anilines is 1.